The zero-order valence-electron chi connectivity index (χ0n) is 9.44. The number of rotatable bonds is 3. The van der Waals surface area contributed by atoms with E-state index in [9.17, 15) is 0 Å². The van der Waals surface area contributed by atoms with Crippen LogP contribution in [0.5, 0.6) is 0 Å². The van der Waals surface area contributed by atoms with Gasteiger partial charge in [0.15, 0.2) is 0 Å². The van der Waals surface area contributed by atoms with Crippen molar-refractivity contribution in [3.05, 3.63) is 24.5 Å². The summed E-state index contributed by atoms with van der Waals surface area (Å²) in [6.45, 7) is 0. The number of nitrogen functional groups attached to an aromatic ring is 1. The van der Waals surface area contributed by atoms with Crippen LogP contribution in [0.4, 0.5) is 11.1 Å². The van der Waals surface area contributed by atoms with E-state index >= 15 is 0 Å². The summed E-state index contributed by atoms with van der Waals surface area (Å²) in [7, 11) is 0. The van der Waals surface area contributed by atoms with Gasteiger partial charge in [-0.2, -0.15) is 10.2 Å². The van der Waals surface area contributed by atoms with Gasteiger partial charge in [-0.05, 0) is 30.0 Å². The quantitative estimate of drug-likeness (QED) is 0.560. The molecule has 0 aliphatic rings. The number of hydrogen-bond acceptors (Lipinski definition) is 8. The van der Waals surface area contributed by atoms with Crippen molar-refractivity contribution in [2.24, 2.45) is 0 Å². The first-order valence-electron chi connectivity index (χ1n) is 5.15. The van der Waals surface area contributed by atoms with Gasteiger partial charge in [0, 0.05) is 4.90 Å². The molecule has 0 amide bonds. The largest absolute Gasteiger partial charge is 0.367 e. The zero-order valence-corrected chi connectivity index (χ0v) is 11.1. The molecule has 0 spiro atoms. The van der Waals surface area contributed by atoms with E-state index in [1.165, 1.54) is 22.5 Å². The summed E-state index contributed by atoms with van der Waals surface area (Å²) in [6, 6.07) is 5.67. The minimum absolute atomic E-state index is 0.264. The van der Waals surface area contributed by atoms with E-state index in [1.54, 1.807) is 0 Å². The van der Waals surface area contributed by atoms with Crippen LogP contribution in [0.15, 0.2) is 29.4 Å². The van der Waals surface area contributed by atoms with Crippen molar-refractivity contribution in [2.45, 2.75) is 4.90 Å². The summed E-state index contributed by atoms with van der Waals surface area (Å²) < 4.78 is 0.987. The predicted octanol–water partition coefficient (Wildman–Crippen LogP) is 1.92. The summed E-state index contributed by atoms with van der Waals surface area (Å²) in [6.07, 6.45) is 1.36. The van der Waals surface area contributed by atoms with E-state index in [-0.39, 0.29) is 5.95 Å². The maximum Gasteiger partial charge on any atom is 0.239 e. The van der Waals surface area contributed by atoms with E-state index in [0.717, 1.165) is 26.9 Å². The molecule has 0 saturated heterocycles. The molecule has 1 aromatic carbocycles. The molecule has 0 saturated carbocycles. The molecular weight excluding hydrogens is 282 g/mol. The zero-order chi connectivity index (χ0) is 13.2. The monoisotopic (exact) mass is 289 g/mol. The Hall–Kier alpha value is -2.31. The Kier molecular flexibility index (Phi) is 2.94. The fraction of sp³-hybridized carbons (Fsp3) is 0. The highest BCUT2D eigenvalue weighted by molar-refractivity contribution is 8.03. The second-order valence-electron chi connectivity index (χ2n) is 3.48. The molecule has 0 bridgehead atoms. The number of thiocyanates is 1. The summed E-state index contributed by atoms with van der Waals surface area (Å²) in [5, 5.41) is 15.3. The van der Waals surface area contributed by atoms with Crippen LogP contribution in [0.25, 0.3) is 10.2 Å². The first-order valence-corrected chi connectivity index (χ1v) is 6.78. The summed E-state index contributed by atoms with van der Waals surface area (Å²) >= 11 is 2.58. The van der Waals surface area contributed by atoms with Crippen molar-refractivity contribution in [1.82, 2.24) is 19.9 Å². The van der Waals surface area contributed by atoms with E-state index in [2.05, 4.69) is 20.5 Å². The third kappa shape index (κ3) is 2.31. The van der Waals surface area contributed by atoms with Gasteiger partial charge in [-0.25, -0.2) is 10.4 Å². The molecule has 0 unspecified atom stereocenters. The standard InChI is InChI=1S/C10H7N7S2/c11-4-18-6-1-2-7-8(3-6)19-10(15-7)16-17-9(12)13-5-14-17/h1-3,5H,(H,15,16)(H2,12,13,14). The summed E-state index contributed by atoms with van der Waals surface area (Å²) in [4.78, 5) is 10.5. The number of aromatic nitrogens is 4. The van der Waals surface area contributed by atoms with E-state index < -0.39 is 0 Å². The molecule has 0 radical (unpaired) electrons. The Morgan fingerprint density at radius 1 is 1.47 bits per heavy atom. The van der Waals surface area contributed by atoms with Crippen molar-refractivity contribution in [3.8, 4) is 5.40 Å². The van der Waals surface area contributed by atoms with Crippen molar-refractivity contribution in [3.63, 3.8) is 0 Å². The molecule has 0 aliphatic heterocycles. The van der Waals surface area contributed by atoms with Crippen LogP contribution in [0.1, 0.15) is 0 Å². The molecule has 9 heteroatoms. The van der Waals surface area contributed by atoms with Crippen LogP contribution in [0.3, 0.4) is 0 Å². The lowest BCUT2D eigenvalue weighted by Crippen LogP contribution is -2.13. The van der Waals surface area contributed by atoms with Gasteiger partial charge in [0.1, 0.15) is 11.7 Å². The highest BCUT2D eigenvalue weighted by Crippen LogP contribution is 2.29. The molecule has 2 aromatic heterocycles. The fourth-order valence-corrected chi connectivity index (χ4v) is 2.88. The Morgan fingerprint density at radius 2 is 2.37 bits per heavy atom. The number of thiazole rings is 1. The van der Waals surface area contributed by atoms with Crippen LogP contribution in [-0.4, -0.2) is 19.9 Å². The van der Waals surface area contributed by atoms with Crippen LogP contribution in [0.2, 0.25) is 0 Å². The van der Waals surface area contributed by atoms with Crippen molar-refractivity contribution in [1.29, 1.82) is 5.26 Å². The lowest BCUT2D eigenvalue weighted by molar-refractivity contribution is 0.812. The van der Waals surface area contributed by atoms with Gasteiger partial charge >= 0.3 is 0 Å². The fourth-order valence-electron chi connectivity index (χ4n) is 1.50. The van der Waals surface area contributed by atoms with Crippen molar-refractivity contribution < 1.29 is 0 Å². The van der Waals surface area contributed by atoms with Crippen LogP contribution < -0.4 is 11.2 Å². The molecule has 94 valence electrons. The molecular formula is C10H7N7S2. The number of nitrogens with one attached hydrogen (secondary N) is 1. The summed E-state index contributed by atoms with van der Waals surface area (Å²) in [5.41, 5.74) is 9.41. The van der Waals surface area contributed by atoms with Crippen LogP contribution >= 0.6 is 23.1 Å². The third-order valence-electron chi connectivity index (χ3n) is 2.30. The number of nitrogens with zero attached hydrogens (tertiary/aromatic N) is 5. The number of thioether (sulfide) groups is 1. The number of hydrogen-bond donors (Lipinski definition) is 2. The normalized spacial score (nSPS) is 10.5. The van der Waals surface area contributed by atoms with Crippen LogP contribution in [-0.2, 0) is 0 Å². The summed E-state index contributed by atoms with van der Waals surface area (Å²) in [5.74, 6) is 0.264. The molecule has 0 fully saturated rings. The minimum atomic E-state index is 0.264. The van der Waals surface area contributed by atoms with Crippen molar-refractivity contribution >= 4 is 44.4 Å². The highest BCUT2D eigenvalue weighted by atomic mass is 32.2. The van der Waals surface area contributed by atoms with Gasteiger partial charge in [-0.1, -0.05) is 11.3 Å². The Balaban J connectivity index is 1.93. The molecule has 3 rings (SSSR count). The van der Waals surface area contributed by atoms with Crippen LogP contribution in [0, 0.1) is 10.7 Å². The molecule has 19 heavy (non-hydrogen) atoms. The molecule has 7 nitrogen and oxygen atoms in total. The van der Waals surface area contributed by atoms with E-state index in [0.29, 0.717) is 5.13 Å². The van der Waals surface area contributed by atoms with Crippen molar-refractivity contribution in [2.75, 3.05) is 11.2 Å². The Morgan fingerprint density at radius 3 is 3.11 bits per heavy atom. The SMILES string of the molecule is N#CSc1ccc2nc(Nn3ncnc3N)sc2c1. The number of nitriles is 1. The molecule has 3 N–H and O–H groups in total. The second kappa shape index (κ2) is 4.75. The van der Waals surface area contributed by atoms with Gasteiger partial charge in [0.2, 0.25) is 11.1 Å². The number of nitrogens with two attached hydrogens (primary N) is 1. The molecule has 0 atom stereocenters. The van der Waals surface area contributed by atoms with E-state index in [1.807, 2.05) is 23.6 Å². The van der Waals surface area contributed by atoms with Gasteiger partial charge in [-0.3, -0.25) is 0 Å². The van der Waals surface area contributed by atoms with Gasteiger partial charge in [-0.15, -0.1) is 9.89 Å². The molecule has 2 heterocycles. The van der Waals surface area contributed by atoms with Gasteiger partial charge < -0.3 is 5.73 Å². The predicted molar refractivity (Wildman–Crippen MR) is 74.5 cm³/mol. The third-order valence-corrected chi connectivity index (χ3v) is 3.80. The Bertz CT molecular complexity index is 770. The first kappa shape index (κ1) is 11.8. The maximum atomic E-state index is 8.65. The lowest BCUT2D eigenvalue weighted by atomic mass is 10.3. The van der Waals surface area contributed by atoms with Gasteiger partial charge in [0.25, 0.3) is 0 Å². The highest BCUT2D eigenvalue weighted by Gasteiger charge is 2.07. The minimum Gasteiger partial charge on any atom is -0.367 e. The number of anilines is 2. The number of benzene rings is 1. The maximum absolute atomic E-state index is 8.65. The van der Waals surface area contributed by atoms with Gasteiger partial charge in [0.05, 0.1) is 10.2 Å². The number of fused-ring (bicyclic) bond motifs is 1. The Labute approximate surface area is 116 Å². The average molecular weight is 289 g/mol. The average Bonchev–Trinajstić information content (AvgIpc) is 2.96. The lowest BCUT2D eigenvalue weighted by Gasteiger charge is -2.00. The second-order valence-corrected chi connectivity index (χ2v) is 5.37. The molecule has 0 aliphatic carbocycles. The first-order chi connectivity index (χ1) is 9.26. The van der Waals surface area contributed by atoms with E-state index in [4.69, 9.17) is 11.0 Å². The smallest absolute Gasteiger partial charge is 0.239 e. The topological polar surface area (TPSA) is 105 Å². The molecule has 3 aromatic rings.